The van der Waals surface area contributed by atoms with Crippen LogP contribution in [0.25, 0.3) is 0 Å². The van der Waals surface area contributed by atoms with Gasteiger partial charge in [-0.15, -0.1) is 0 Å². The molecule has 98 valence electrons. The van der Waals surface area contributed by atoms with Crippen LogP contribution in [0.4, 0.5) is 0 Å². The molecule has 0 aromatic rings. The van der Waals surface area contributed by atoms with Crippen LogP contribution in [0.15, 0.2) is 17.1 Å². The zero-order valence-electron chi connectivity index (χ0n) is 11.0. The molecule has 1 N–H and O–H groups in total. The molecular weight excluding hydrogens is 244 g/mol. The van der Waals surface area contributed by atoms with E-state index in [0.717, 1.165) is 30.3 Å². The fraction of sp³-hybridized carbons (Fsp3) is 0.714. The summed E-state index contributed by atoms with van der Waals surface area (Å²) in [5.74, 6) is 1.47. The van der Waals surface area contributed by atoms with Crippen LogP contribution in [0.1, 0.15) is 39.5 Å². The minimum absolute atomic E-state index is 0.131. The van der Waals surface area contributed by atoms with Crippen molar-refractivity contribution in [1.29, 1.82) is 0 Å². The molecule has 0 aromatic heterocycles. The Kier molecular flexibility index (Phi) is 3.00. The van der Waals surface area contributed by atoms with Crippen LogP contribution < -0.4 is 5.32 Å². The number of thioether (sulfide) groups is 1. The van der Waals surface area contributed by atoms with E-state index < -0.39 is 0 Å². The zero-order chi connectivity index (χ0) is 12.8. The molecule has 0 radical (unpaired) electrons. The van der Waals surface area contributed by atoms with Crippen molar-refractivity contribution in [2.75, 3.05) is 0 Å². The van der Waals surface area contributed by atoms with E-state index in [1.807, 2.05) is 6.92 Å². The molecule has 3 nitrogen and oxygen atoms in total. The Morgan fingerprint density at radius 2 is 2.33 bits per heavy atom. The molecular formula is C14H20N2OS. The fourth-order valence-corrected chi connectivity index (χ4v) is 4.47. The van der Waals surface area contributed by atoms with Gasteiger partial charge in [0, 0.05) is 0 Å². The van der Waals surface area contributed by atoms with E-state index in [0.29, 0.717) is 12.0 Å². The first-order valence-corrected chi connectivity index (χ1v) is 7.69. The maximum absolute atomic E-state index is 12.0. The van der Waals surface area contributed by atoms with Gasteiger partial charge < -0.3 is 5.32 Å². The van der Waals surface area contributed by atoms with E-state index in [2.05, 4.69) is 24.4 Å². The number of hydrogen-bond donors (Lipinski definition) is 1. The summed E-state index contributed by atoms with van der Waals surface area (Å²) in [6.07, 6.45) is 8.98. The van der Waals surface area contributed by atoms with Gasteiger partial charge in [0.1, 0.15) is 0 Å². The maximum atomic E-state index is 12.0. The van der Waals surface area contributed by atoms with E-state index in [1.165, 1.54) is 6.42 Å². The first-order valence-electron chi connectivity index (χ1n) is 6.87. The Bertz CT molecular complexity index is 432. The molecule has 2 bridgehead atoms. The largest absolute Gasteiger partial charge is 0.304 e. The molecule has 1 aliphatic heterocycles. The molecule has 0 spiro atoms. The Morgan fingerprint density at radius 3 is 2.94 bits per heavy atom. The number of fused-ring (bicyclic) bond motifs is 2. The number of amides is 1. The number of rotatable bonds is 3. The van der Waals surface area contributed by atoms with Crippen molar-refractivity contribution in [3.05, 3.63) is 12.2 Å². The van der Waals surface area contributed by atoms with Crippen molar-refractivity contribution in [2.24, 2.45) is 16.8 Å². The molecule has 0 unspecified atom stereocenters. The van der Waals surface area contributed by atoms with Gasteiger partial charge in [-0.1, -0.05) is 37.3 Å². The van der Waals surface area contributed by atoms with Crippen molar-refractivity contribution < 1.29 is 4.79 Å². The Balaban J connectivity index is 1.72. The second kappa shape index (κ2) is 4.41. The zero-order valence-corrected chi connectivity index (χ0v) is 11.8. The Hall–Kier alpha value is -0.770. The Labute approximate surface area is 113 Å². The van der Waals surface area contributed by atoms with Crippen LogP contribution in [0, 0.1) is 11.8 Å². The molecule has 4 atom stereocenters. The number of allylic oxidation sites excluding steroid dienone is 1. The SMILES string of the molecule is CCC[C@]1(C)SC(=N[C@H]2C[C@@H]3C=C[C@H]2C3)NC1=O. The van der Waals surface area contributed by atoms with Crippen LogP contribution in [0.2, 0.25) is 0 Å². The molecule has 18 heavy (non-hydrogen) atoms. The lowest BCUT2D eigenvalue weighted by Gasteiger charge is -2.17. The quantitative estimate of drug-likeness (QED) is 0.796. The van der Waals surface area contributed by atoms with Crippen molar-refractivity contribution in [1.82, 2.24) is 5.32 Å². The molecule has 1 saturated heterocycles. The first-order chi connectivity index (χ1) is 8.60. The van der Waals surface area contributed by atoms with Crippen LogP contribution in [0.5, 0.6) is 0 Å². The van der Waals surface area contributed by atoms with Crippen molar-refractivity contribution in [3.63, 3.8) is 0 Å². The molecule has 2 fully saturated rings. The van der Waals surface area contributed by atoms with Gasteiger partial charge >= 0.3 is 0 Å². The molecule has 3 aliphatic rings. The van der Waals surface area contributed by atoms with Crippen LogP contribution in [0.3, 0.4) is 0 Å². The lowest BCUT2D eigenvalue weighted by atomic mass is 10.0. The minimum Gasteiger partial charge on any atom is -0.304 e. The molecule has 0 aromatic carbocycles. The van der Waals surface area contributed by atoms with Gasteiger partial charge in [0.15, 0.2) is 5.17 Å². The second-order valence-corrected chi connectivity index (χ2v) is 7.31. The van der Waals surface area contributed by atoms with Crippen molar-refractivity contribution >= 4 is 22.8 Å². The smallest absolute Gasteiger partial charge is 0.242 e. The summed E-state index contributed by atoms with van der Waals surface area (Å²) in [6, 6.07) is 0.395. The summed E-state index contributed by atoms with van der Waals surface area (Å²) in [5.41, 5.74) is 0. The van der Waals surface area contributed by atoms with Gasteiger partial charge in [-0.05, 0) is 38.0 Å². The third-order valence-corrected chi connectivity index (χ3v) is 5.52. The average Bonchev–Trinajstić information content (AvgIpc) is 2.96. The van der Waals surface area contributed by atoms with Gasteiger partial charge in [0.25, 0.3) is 0 Å². The molecule has 1 heterocycles. The third kappa shape index (κ3) is 2.00. The number of carbonyl (C=O) groups excluding carboxylic acids is 1. The standard InChI is InChI=1S/C14H20N2OS/c1-3-6-14(2)12(17)16-13(18-14)15-11-8-9-4-5-10(11)7-9/h4-5,9-11H,3,6-8H2,1-2H3,(H,15,16,17)/t9-,10+,11+,14+/m1/s1. The van der Waals surface area contributed by atoms with E-state index in [9.17, 15) is 4.79 Å². The monoisotopic (exact) mass is 264 g/mol. The van der Waals surface area contributed by atoms with E-state index in [1.54, 1.807) is 11.8 Å². The predicted octanol–water partition coefficient (Wildman–Crippen LogP) is 2.73. The number of aliphatic imine (C=N–C) groups is 1. The predicted molar refractivity (Wildman–Crippen MR) is 75.6 cm³/mol. The number of amidine groups is 1. The van der Waals surface area contributed by atoms with Gasteiger partial charge in [-0.2, -0.15) is 0 Å². The maximum Gasteiger partial charge on any atom is 0.242 e. The topological polar surface area (TPSA) is 41.5 Å². The third-order valence-electron chi connectivity index (χ3n) is 4.28. The number of carbonyl (C=O) groups is 1. The van der Waals surface area contributed by atoms with E-state index in [4.69, 9.17) is 4.99 Å². The molecule has 1 amide bonds. The molecule has 4 heteroatoms. The van der Waals surface area contributed by atoms with Gasteiger partial charge in [0.05, 0.1) is 10.8 Å². The lowest BCUT2D eigenvalue weighted by Crippen LogP contribution is -2.33. The number of hydrogen-bond acceptors (Lipinski definition) is 3. The summed E-state index contributed by atoms with van der Waals surface area (Å²) < 4.78 is -0.305. The summed E-state index contributed by atoms with van der Waals surface area (Å²) in [6.45, 7) is 4.15. The highest BCUT2D eigenvalue weighted by Crippen LogP contribution is 2.42. The molecule has 2 aliphatic carbocycles. The van der Waals surface area contributed by atoms with Crippen LogP contribution >= 0.6 is 11.8 Å². The van der Waals surface area contributed by atoms with Crippen LogP contribution in [-0.4, -0.2) is 21.9 Å². The lowest BCUT2D eigenvalue weighted by molar-refractivity contribution is -0.121. The highest BCUT2D eigenvalue weighted by molar-refractivity contribution is 8.16. The normalized spacial score (nSPS) is 44.0. The minimum atomic E-state index is -0.305. The fourth-order valence-electron chi connectivity index (χ4n) is 3.27. The highest BCUT2D eigenvalue weighted by Gasteiger charge is 2.43. The van der Waals surface area contributed by atoms with Gasteiger partial charge in [-0.3, -0.25) is 9.79 Å². The summed E-state index contributed by atoms with van der Waals surface area (Å²) in [5, 5.41) is 3.81. The second-order valence-electron chi connectivity index (χ2n) is 5.82. The summed E-state index contributed by atoms with van der Waals surface area (Å²) in [4.78, 5) is 16.8. The summed E-state index contributed by atoms with van der Waals surface area (Å²) in [7, 11) is 0. The first kappa shape index (κ1) is 12.3. The van der Waals surface area contributed by atoms with Crippen molar-refractivity contribution in [3.8, 4) is 0 Å². The number of nitrogens with one attached hydrogen (secondary N) is 1. The highest BCUT2D eigenvalue weighted by atomic mass is 32.2. The van der Waals surface area contributed by atoms with Crippen LogP contribution in [-0.2, 0) is 4.79 Å². The molecule has 1 saturated carbocycles. The van der Waals surface area contributed by atoms with Crippen molar-refractivity contribution in [2.45, 2.75) is 50.3 Å². The van der Waals surface area contributed by atoms with Gasteiger partial charge in [-0.25, -0.2) is 0 Å². The summed E-state index contributed by atoms with van der Waals surface area (Å²) >= 11 is 1.63. The number of nitrogens with zero attached hydrogens (tertiary/aromatic N) is 1. The van der Waals surface area contributed by atoms with Gasteiger partial charge in [0.2, 0.25) is 5.91 Å². The van der Waals surface area contributed by atoms with E-state index in [-0.39, 0.29) is 10.7 Å². The molecule has 3 rings (SSSR count). The Morgan fingerprint density at radius 1 is 1.50 bits per heavy atom. The van der Waals surface area contributed by atoms with E-state index >= 15 is 0 Å². The average molecular weight is 264 g/mol.